The molecule has 5 nitrogen and oxygen atoms in total. The van der Waals surface area contributed by atoms with Gasteiger partial charge in [0, 0.05) is 12.1 Å². The van der Waals surface area contributed by atoms with Gasteiger partial charge in [-0.05, 0) is 18.1 Å². The van der Waals surface area contributed by atoms with Crippen LogP contribution in [0.25, 0.3) is 0 Å². The lowest BCUT2D eigenvalue weighted by atomic mass is 10.2. The lowest BCUT2D eigenvalue weighted by Crippen LogP contribution is -2.17. The number of non-ortho nitro benzene ring substituents is 1. The molecular formula is C13H11N2O3+. The zero-order valence-electron chi connectivity index (χ0n) is 9.63. The smallest absolute Gasteiger partial charge is 0.376 e. The molecular weight excluding hydrogens is 232 g/mol. The highest BCUT2D eigenvalue weighted by Crippen LogP contribution is 2.17. The molecule has 0 amide bonds. The summed E-state index contributed by atoms with van der Waals surface area (Å²) in [6.07, 6.45) is 5.28. The second-order valence-corrected chi connectivity index (χ2v) is 3.81. The number of terminal acetylenes is 1. The Balaban J connectivity index is 2.35. The van der Waals surface area contributed by atoms with E-state index in [1.807, 2.05) is 4.58 Å². The zero-order chi connectivity index (χ0) is 13.1. The van der Waals surface area contributed by atoms with Gasteiger partial charge in [-0.15, -0.1) is 6.42 Å². The second kappa shape index (κ2) is 4.72. The highest BCUT2D eigenvalue weighted by atomic mass is 16.6. The summed E-state index contributed by atoms with van der Waals surface area (Å²) in [5, 5.41) is 10.6. The van der Waals surface area contributed by atoms with Crippen LogP contribution < -0.4 is 0 Å². The van der Waals surface area contributed by atoms with Crippen LogP contribution in [0.15, 0.2) is 36.6 Å². The van der Waals surface area contributed by atoms with Gasteiger partial charge in [0.25, 0.3) is 5.69 Å². The molecule has 0 aromatic heterocycles. The molecule has 5 heteroatoms. The number of rotatable bonds is 3. The molecule has 0 bridgehead atoms. The van der Waals surface area contributed by atoms with Crippen molar-refractivity contribution in [3.8, 4) is 12.3 Å². The molecule has 0 fully saturated rings. The third-order valence-corrected chi connectivity index (χ3v) is 2.50. The van der Waals surface area contributed by atoms with Gasteiger partial charge in [0.2, 0.25) is 13.1 Å². The summed E-state index contributed by atoms with van der Waals surface area (Å²) in [4.78, 5) is 10.1. The van der Waals surface area contributed by atoms with E-state index in [1.165, 1.54) is 12.1 Å². The fourth-order valence-corrected chi connectivity index (χ4v) is 1.72. The number of benzene rings is 1. The molecule has 0 atom stereocenters. The van der Waals surface area contributed by atoms with Gasteiger partial charge in [0.05, 0.1) is 10.5 Å². The summed E-state index contributed by atoms with van der Waals surface area (Å²) < 4.78 is 7.35. The topological polar surface area (TPSA) is 55.4 Å². The number of nitro groups is 1. The number of ether oxygens (including phenoxy) is 1. The Bertz CT molecular complexity index is 579. The van der Waals surface area contributed by atoms with Gasteiger partial charge in [-0.2, -0.15) is 4.58 Å². The normalized spacial score (nSPS) is 14.3. The van der Waals surface area contributed by atoms with Crippen molar-refractivity contribution in [1.82, 2.24) is 0 Å². The molecule has 1 aliphatic rings. The molecule has 90 valence electrons. The summed E-state index contributed by atoms with van der Waals surface area (Å²) in [6.45, 7) is 4.69. The van der Waals surface area contributed by atoms with E-state index in [0.717, 1.165) is 5.56 Å². The first kappa shape index (κ1) is 11.9. The van der Waals surface area contributed by atoms with Crippen LogP contribution in [-0.4, -0.2) is 28.5 Å². The zero-order valence-corrected chi connectivity index (χ0v) is 9.63. The van der Waals surface area contributed by atoms with Gasteiger partial charge in [0.15, 0.2) is 5.76 Å². The van der Waals surface area contributed by atoms with E-state index in [2.05, 4.69) is 12.5 Å². The SMILES string of the molecule is C#CC[N+]1=C(c2ccc([N+](=O)[O-])cc2)OC(=C)C1. The largest absolute Gasteiger partial charge is 0.403 e. The lowest BCUT2D eigenvalue weighted by Gasteiger charge is -1.98. The van der Waals surface area contributed by atoms with E-state index in [-0.39, 0.29) is 5.69 Å². The Morgan fingerprint density at radius 3 is 2.72 bits per heavy atom. The van der Waals surface area contributed by atoms with Crippen LogP contribution in [0.1, 0.15) is 5.56 Å². The predicted octanol–water partition coefficient (Wildman–Crippen LogP) is 1.53. The number of nitro benzene ring substituents is 1. The lowest BCUT2D eigenvalue weighted by molar-refractivity contribution is -0.501. The Morgan fingerprint density at radius 1 is 1.50 bits per heavy atom. The van der Waals surface area contributed by atoms with Crippen molar-refractivity contribution in [2.75, 3.05) is 13.1 Å². The van der Waals surface area contributed by atoms with E-state index >= 15 is 0 Å². The molecule has 18 heavy (non-hydrogen) atoms. The maximum Gasteiger partial charge on any atom is 0.376 e. The molecule has 0 aliphatic carbocycles. The molecule has 1 aliphatic heterocycles. The Labute approximate surface area is 104 Å². The van der Waals surface area contributed by atoms with Crippen LogP contribution in [0.2, 0.25) is 0 Å². The van der Waals surface area contributed by atoms with Gasteiger partial charge in [0.1, 0.15) is 0 Å². The van der Waals surface area contributed by atoms with Crippen molar-refractivity contribution in [3.05, 3.63) is 52.3 Å². The summed E-state index contributed by atoms with van der Waals surface area (Å²) in [5.74, 6) is 3.74. The van der Waals surface area contributed by atoms with E-state index in [9.17, 15) is 10.1 Å². The Hall–Kier alpha value is -2.61. The molecule has 0 radical (unpaired) electrons. The highest BCUT2D eigenvalue weighted by molar-refractivity contribution is 5.92. The maximum absolute atomic E-state index is 10.6. The molecule has 2 rings (SSSR count). The molecule has 0 N–H and O–H groups in total. The van der Waals surface area contributed by atoms with Crippen LogP contribution in [-0.2, 0) is 4.74 Å². The summed E-state index contributed by atoms with van der Waals surface area (Å²) in [6, 6.07) is 6.13. The minimum Gasteiger partial charge on any atom is -0.403 e. The van der Waals surface area contributed by atoms with Gasteiger partial charge in [-0.3, -0.25) is 10.1 Å². The van der Waals surface area contributed by atoms with Crippen molar-refractivity contribution in [3.63, 3.8) is 0 Å². The summed E-state index contributed by atoms with van der Waals surface area (Å²) >= 11 is 0. The van der Waals surface area contributed by atoms with Crippen molar-refractivity contribution in [2.45, 2.75) is 0 Å². The monoisotopic (exact) mass is 243 g/mol. The number of hydrogen-bond acceptors (Lipinski definition) is 3. The van der Waals surface area contributed by atoms with Crippen molar-refractivity contribution in [1.29, 1.82) is 0 Å². The highest BCUT2D eigenvalue weighted by Gasteiger charge is 2.28. The van der Waals surface area contributed by atoms with E-state index in [4.69, 9.17) is 11.2 Å². The molecule has 1 aromatic rings. The van der Waals surface area contributed by atoms with E-state index in [1.54, 1.807) is 12.1 Å². The van der Waals surface area contributed by atoms with Crippen LogP contribution in [0.3, 0.4) is 0 Å². The molecule has 1 aromatic carbocycles. The van der Waals surface area contributed by atoms with Crippen LogP contribution in [0.4, 0.5) is 5.69 Å². The minimum atomic E-state index is -0.442. The molecule has 0 unspecified atom stereocenters. The third-order valence-electron chi connectivity index (χ3n) is 2.50. The van der Waals surface area contributed by atoms with Crippen molar-refractivity contribution < 1.29 is 14.2 Å². The predicted molar refractivity (Wildman–Crippen MR) is 66.3 cm³/mol. The summed E-state index contributed by atoms with van der Waals surface area (Å²) in [5.41, 5.74) is 0.786. The average Bonchev–Trinajstić information content (AvgIpc) is 2.71. The first-order valence-electron chi connectivity index (χ1n) is 5.27. The maximum atomic E-state index is 10.6. The first-order valence-corrected chi connectivity index (χ1v) is 5.27. The van der Waals surface area contributed by atoms with Crippen molar-refractivity contribution >= 4 is 11.6 Å². The number of hydrogen-bond donors (Lipinski definition) is 0. The van der Waals surface area contributed by atoms with Crippen LogP contribution >= 0.6 is 0 Å². The molecule has 0 saturated heterocycles. The van der Waals surface area contributed by atoms with Crippen LogP contribution in [0.5, 0.6) is 0 Å². The minimum absolute atomic E-state index is 0.0414. The molecule has 0 saturated carbocycles. The average molecular weight is 243 g/mol. The number of nitrogens with zero attached hydrogens (tertiary/aromatic N) is 2. The van der Waals surface area contributed by atoms with Gasteiger partial charge in [-0.1, -0.05) is 6.58 Å². The Morgan fingerprint density at radius 2 is 2.17 bits per heavy atom. The fourth-order valence-electron chi connectivity index (χ4n) is 1.72. The second-order valence-electron chi connectivity index (χ2n) is 3.81. The first-order chi connectivity index (χ1) is 8.61. The van der Waals surface area contributed by atoms with E-state index in [0.29, 0.717) is 24.7 Å². The Kier molecular flexibility index (Phi) is 3.11. The molecule has 1 heterocycles. The van der Waals surface area contributed by atoms with Gasteiger partial charge in [-0.25, -0.2) is 0 Å². The summed E-state index contributed by atoms with van der Waals surface area (Å²) in [7, 11) is 0. The fraction of sp³-hybridized carbons (Fsp3) is 0.154. The van der Waals surface area contributed by atoms with Gasteiger partial charge < -0.3 is 4.74 Å². The third kappa shape index (κ3) is 2.23. The van der Waals surface area contributed by atoms with Gasteiger partial charge >= 0.3 is 5.90 Å². The van der Waals surface area contributed by atoms with Crippen molar-refractivity contribution in [2.24, 2.45) is 0 Å². The standard InChI is InChI=1S/C13H11N2O3/c1-3-8-14-9-10(2)18-13(14)11-4-6-12(7-5-11)15(16)17/h1,4-7H,2,8-9H2/q+1. The van der Waals surface area contributed by atoms with Crippen LogP contribution in [0, 0.1) is 22.5 Å². The van der Waals surface area contributed by atoms with E-state index < -0.39 is 4.92 Å². The quantitative estimate of drug-likeness (QED) is 0.350. The molecule has 0 spiro atoms.